The van der Waals surface area contributed by atoms with Gasteiger partial charge < -0.3 is 44.9 Å². The van der Waals surface area contributed by atoms with Gasteiger partial charge in [0.15, 0.2) is 5.58 Å². The maximum Gasteiger partial charge on any atom is 0.159 e. The van der Waals surface area contributed by atoms with Crippen LogP contribution in [0, 0.1) is 0 Å². The smallest absolute Gasteiger partial charge is 0.159 e. The van der Waals surface area contributed by atoms with Crippen LogP contribution in [0.4, 0.5) is 0 Å². The zero-order chi connectivity index (χ0) is 69.9. The van der Waals surface area contributed by atoms with Crippen molar-refractivity contribution in [3.05, 3.63) is 303 Å². The first-order valence-electron chi connectivity index (χ1n) is 35.6. The predicted molar refractivity (Wildman–Crippen MR) is 439 cm³/mol. The molecular formula is C95H65N5O5. The molecule has 0 fully saturated rings. The summed E-state index contributed by atoms with van der Waals surface area (Å²) < 4.78 is 41.6. The fraction of sp³-hybridized carbons (Fsp3) is 0.0526. The summed E-state index contributed by atoms with van der Waals surface area (Å²) >= 11 is 0. The SMILES string of the molecule is Cn1c2ccccc2c2c3oc4ccccc4c3ccc21.Cn1c2ccccc2c2cc3c(cc21)oc1ccccc13.Cn1c2ccccc2c2cc3oc4ccccc4c3cc21.Cn1c2ccccc2c2ccc3c4ccccc4oc3c21.Cn1c2ccccc2c2ccc3oc4ccccc4c3c21. The molecule has 0 unspecified atom stereocenters. The molecule has 10 aromatic heterocycles. The molecule has 0 atom stereocenters. The number of furan rings is 5. The molecule has 0 N–H and O–H groups in total. The van der Waals surface area contributed by atoms with Gasteiger partial charge in [-0.2, -0.15) is 0 Å². The van der Waals surface area contributed by atoms with Crippen LogP contribution in [-0.4, -0.2) is 22.8 Å². The standard InChI is InChI=1S/5C19H13NO/c1-20-15-8-4-2-7-14(15)18-16(20)11-10-13-12-6-3-5-9-17(12)21-19(13)18;1-20-16-8-4-2-6-12(16)14-11-19-15(10-17(14)20)13-7-3-5-9-18(13)21-19;1-20-16-8-4-2-6-12(16)14-10-15-13-7-3-5-9-18(13)21-19(15)11-17(14)20;1-20-15-8-4-2-6-12(15)13-10-11-17-18(19(13)20)14-7-3-5-9-16(14)21-17;1-20-16-8-4-2-6-12(16)14-10-11-15-13-7-3-5-9-17(13)21-19(15)18(14)20/h5*2-11H,1H3. The highest BCUT2D eigenvalue weighted by molar-refractivity contribution is 6.26. The first-order chi connectivity index (χ1) is 51.7. The van der Waals surface area contributed by atoms with Crippen molar-refractivity contribution in [2.24, 2.45) is 35.2 Å². The third-order valence-corrected chi connectivity index (χ3v) is 22.1. The van der Waals surface area contributed by atoms with Crippen LogP contribution in [0.5, 0.6) is 0 Å². The Morgan fingerprint density at radius 2 is 0.495 bits per heavy atom. The minimum absolute atomic E-state index is 0.949. The van der Waals surface area contributed by atoms with Crippen LogP contribution in [-0.2, 0) is 35.2 Å². The number of fused-ring (bicyclic) bond motifs is 33. The second-order valence-corrected chi connectivity index (χ2v) is 27.6. The largest absolute Gasteiger partial charge is 0.456 e. The summed E-state index contributed by atoms with van der Waals surface area (Å²) in [4.78, 5) is 0. The number of para-hydroxylation sites is 10. The maximum atomic E-state index is 6.17. The van der Waals surface area contributed by atoms with Crippen molar-refractivity contribution < 1.29 is 22.1 Å². The molecule has 0 bridgehead atoms. The molecule has 25 rings (SSSR count). The Morgan fingerprint density at radius 1 is 0.162 bits per heavy atom. The summed E-state index contributed by atoms with van der Waals surface area (Å²) in [7, 11) is 10.6. The van der Waals surface area contributed by atoms with Crippen LogP contribution in [0.25, 0.3) is 219 Å². The fourth-order valence-electron chi connectivity index (χ4n) is 17.1. The summed E-state index contributed by atoms with van der Waals surface area (Å²) in [5.41, 5.74) is 21.9. The van der Waals surface area contributed by atoms with Gasteiger partial charge in [0.2, 0.25) is 0 Å². The monoisotopic (exact) mass is 1360 g/mol. The number of rotatable bonds is 0. The van der Waals surface area contributed by atoms with E-state index in [1.807, 2.05) is 60.7 Å². The molecule has 10 heterocycles. The minimum Gasteiger partial charge on any atom is -0.456 e. The first kappa shape index (κ1) is 60.1. The van der Waals surface area contributed by atoms with E-state index in [1.165, 1.54) is 163 Å². The molecule has 0 aliphatic heterocycles. The first-order valence-corrected chi connectivity index (χ1v) is 35.6. The van der Waals surface area contributed by atoms with Gasteiger partial charge in [0, 0.05) is 171 Å². The average molecular weight is 1360 g/mol. The number of hydrogen-bond acceptors (Lipinski definition) is 5. The second kappa shape index (κ2) is 23.2. The molecule has 0 aliphatic carbocycles. The van der Waals surface area contributed by atoms with Crippen LogP contribution < -0.4 is 0 Å². The lowest BCUT2D eigenvalue weighted by molar-refractivity contribution is 0.669. The molecule has 0 saturated carbocycles. The van der Waals surface area contributed by atoms with Crippen molar-refractivity contribution in [1.82, 2.24) is 22.8 Å². The Morgan fingerprint density at radius 3 is 1.06 bits per heavy atom. The molecule has 0 aliphatic rings. The lowest BCUT2D eigenvalue weighted by Crippen LogP contribution is -1.86. The van der Waals surface area contributed by atoms with Gasteiger partial charge in [-0.15, -0.1) is 0 Å². The number of hydrogen-bond donors (Lipinski definition) is 0. The van der Waals surface area contributed by atoms with Gasteiger partial charge >= 0.3 is 0 Å². The molecule has 0 spiro atoms. The maximum absolute atomic E-state index is 6.17. The molecule has 25 aromatic rings. The second-order valence-electron chi connectivity index (χ2n) is 27.6. The van der Waals surface area contributed by atoms with Crippen molar-refractivity contribution in [1.29, 1.82) is 0 Å². The van der Waals surface area contributed by atoms with Gasteiger partial charge in [-0.05, 0) is 109 Å². The highest BCUT2D eigenvalue weighted by atomic mass is 16.3. The van der Waals surface area contributed by atoms with E-state index in [0.29, 0.717) is 0 Å². The van der Waals surface area contributed by atoms with Crippen molar-refractivity contribution in [2.45, 2.75) is 0 Å². The van der Waals surface area contributed by atoms with E-state index >= 15 is 0 Å². The lowest BCUT2D eigenvalue weighted by atomic mass is 10.1. The molecule has 10 heteroatoms. The van der Waals surface area contributed by atoms with Crippen molar-refractivity contribution in [3.8, 4) is 0 Å². The number of nitrogens with zero attached hydrogens (tertiary/aromatic N) is 5. The molecule has 500 valence electrons. The number of aromatic nitrogens is 5. The Hall–Kier alpha value is -13.7. The summed E-state index contributed by atoms with van der Waals surface area (Å²) in [6.45, 7) is 0. The molecule has 15 aromatic carbocycles. The van der Waals surface area contributed by atoms with Crippen molar-refractivity contribution in [2.75, 3.05) is 0 Å². The Balaban J connectivity index is 0.0000000846. The third-order valence-electron chi connectivity index (χ3n) is 22.1. The predicted octanol–water partition coefficient (Wildman–Crippen LogP) is 26.2. The normalized spacial score (nSPS) is 12.0. The van der Waals surface area contributed by atoms with E-state index in [1.54, 1.807) is 0 Å². The van der Waals surface area contributed by atoms with E-state index in [2.05, 4.69) is 301 Å². The Bertz CT molecular complexity index is 7810. The van der Waals surface area contributed by atoms with Gasteiger partial charge in [-0.1, -0.05) is 188 Å². The van der Waals surface area contributed by atoms with Gasteiger partial charge in [0.25, 0.3) is 0 Å². The Kier molecular flexibility index (Phi) is 13.3. The topological polar surface area (TPSA) is 90.4 Å². The lowest BCUT2D eigenvalue weighted by Gasteiger charge is -1.99. The zero-order valence-corrected chi connectivity index (χ0v) is 58.1. The highest BCUT2D eigenvalue weighted by Crippen LogP contribution is 2.44. The zero-order valence-electron chi connectivity index (χ0n) is 58.1. The van der Waals surface area contributed by atoms with Crippen LogP contribution >= 0.6 is 0 Å². The van der Waals surface area contributed by atoms with E-state index < -0.39 is 0 Å². The third kappa shape index (κ3) is 9.03. The average Bonchev–Trinajstić information content (AvgIpc) is 1.60. The van der Waals surface area contributed by atoms with Crippen LogP contribution in [0.1, 0.15) is 0 Å². The molecule has 0 amide bonds. The van der Waals surface area contributed by atoms with Gasteiger partial charge in [-0.25, -0.2) is 0 Å². The van der Waals surface area contributed by atoms with E-state index in [9.17, 15) is 0 Å². The molecular weight excluding hydrogens is 1290 g/mol. The summed E-state index contributed by atoms with van der Waals surface area (Å²) in [6, 6.07) is 106. The van der Waals surface area contributed by atoms with E-state index in [4.69, 9.17) is 22.1 Å². The quantitative estimate of drug-likeness (QED) is 0.151. The van der Waals surface area contributed by atoms with Gasteiger partial charge in [0.05, 0.1) is 32.8 Å². The fourth-order valence-corrected chi connectivity index (χ4v) is 17.1. The van der Waals surface area contributed by atoms with Crippen molar-refractivity contribution >= 4 is 219 Å². The van der Waals surface area contributed by atoms with Gasteiger partial charge in [0.1, 0.15) is 50.2 Å². The summed E-state index contributed by atoms with van der Waals surface area (Å²) in [6.07, 6.45) is 0. The minimum atomic E-state index is 0.949. The molecule has 0 radical (unpaired) electrons. The highest BCUT2D eigenvalue weighted by Gasteiger charge is 2.21. The van der Waals surface area contributed by atoms with Crippen LogP contribution in [0.15, 0.2) is 325 Å². The molecule has 10 nitrogen and oxygen atoms in total. The number of benzene rings is 15. The van der Waals surface area contributed by atoms with E-state index in [0.717, 1.165) is 55.8 Å². The summed E-state index contributed by atoms with van der Waals surface area (Å²) in [5, 5.41) is 24.5. The summed E-state index contributed by atoms with van der Waals surface area (Å²) in [5.74, 6) is 0. The molecule has 0 saturated heterocycles. The van der Waals surface area contributed by atoms with E-state index in [-0.39, 0.29) is 0 Å². The van der Waals surface area contributed by atoms with Crippen molar-refractivity contribution in [3.63, 3.8) is 0 Å². The molecule has 105 heavy (non-hydrogen) atoms. The number of aryl methyl sites for hydroxylation is 5. The van der Waals surface area contributed by atoms with Gasteiger partial charge in [-0.3, -0.25) is 0 Å². The van der Waals surface area contributed by atoms with Crippen LogP contribution in [0.2, 0.25) is 0 Å². The Labute approximate surface area is 598 Å². The van der Waals surface area contributed by atoms with Crippen LogP contribution in [0.3, 0.4) is 0 Å².